The number of aryl methyl sites for hydroxylation is 1. The number of fused-ring (bicyclic) bond motifs is 1. The minimum absolute atomic E-state index is 0.182. The van der Waals surface area contributed by atoms with Crippen LogP contribution in [-0.2, 0) is 0 Å². The smallest absolute Gasteiger partial charge is 0.159 e. The van der Waals surface area contributed by atoms with Crippen molar-refractivity contribution in [3.63, 3.8) is 0 Å². The average Bonchev–Trinajstić information content (AvgIpc) is 2.49. The van der Waals surface area contributed by atoms with E-state index in [1.807, 2.05) is 37.3 Å². The Bertz CT molecular complexity index is 811. The summed E-state index contributed by atoms with van der Waals surface area (Å²) in [7, 11) is 0. The minimum atomic E-state index is -0.826. The molecule has 3 rings (SSSR count). The SMILES string of the molecule is Cc1ccc2ccccc2c1C(Br)c1ccc(F)c(F)c1. The molecule has 106 valence electrons. The summed E-state index contributed by atoms with van der Waals surface area (Å²) >= 11 is 3.64. The lowest BCUT2D eigenvalue weighted by atomic mass is 9.94. The molecule has 3 aromatic carbocycles. The second-order valence-electron chi connectivity index (χ2n) is 5.05. The Morgan fingerprint density at radius 3 is 2.43 bits per heavy atom. The number of alkyl halides is 1. The molecule has 0 aliphatic rings. The van der Waals surface area contributed by atoms with Crippen molar-refractivity contribution >= 4 is 26.7 Å². The lowest BCUT2D eigenvalue weighted by molar-refractivity contribution is 0.507. The van der Waals surface area contributed by atoms with Crippen LogP contribution >= 0.6 is 15.9 Å². The Labute approximate surface area is 130 Å². The van der Waals surface area contributed by atoms with Crippen LogP contribution in [0, 0.1) is 18.6 Å². The summed E-state index contributed by atoms with van der Waals surface area (Å²) in [6.45, 7) is 2.02. The summed E-state index contributed by atoms with van der Waals surface area (Å²) in [5.41, 5.74) is 2.90. The summed E-state index contributed by atoms with van der Waals surface area (Å²) in [4.78, 5) is -0.182. The highest BCUT2D eigenvalue weighted by Crippen LogP contribution is 2.37. The second-order valence-corrected chi connectivity index (χ2v) is 5.97. The van der Waals surface area contributed by atoms with Gasteiger partial charge in [0.1, 0.15) is 0 Å². The highest BCUT2D eigenvalue weighted by molar-refractivity contribution is 9.09. The van der Waals surface area contributed by atoms with E-state index in [0.717, 1.165) is 21.9 Å². The third-order valence-electron chi connectivity index (χ3n) is 3.68. The molecule has 0 amide bonds. The van der Waals surface area contributed by atoms with Gasteiger partial charge >= 0.3 is 0 Å². The fourth-order valence-corrected chi connectivity index (χ4v) is 3.47. The van der Waals surface area contributed by atoms with Crippen LogP contribution in [0.25, 0.3) is 10.8 Å². The maximum atomic E-state index is 13.5. The molecule has 0 radical (unpaired) electrons. The Balaban J connectivity index is 2.19. The van der Waals surface area contributed by atoms with Gasteiger partial charge < -0.3 is 0 Å². The van der Waals surface area contributed by atoms with Crippen LogP contribution in [0.1, 0.15) is 21.5 Å². The molecule has 0 aliphatic carbocycles. The zero-order valence-corrected chi connectivity index (χ0v) is 13.0. The van der Waals surface area contributed by atoms with Crippen LogP contribution in [0.3, 0.4) is 0 Å². The highest BCUT2D eigenvalue weighted by Gasteiger charge is 2.17. The summed E-state index contributed by atoms with van der Waals surface area (Å²) in [6, 6.07) is 16.2. The van der Waals surface area contributed by atoms with E-state index in [1.54, 1.807) is 6.07 Å². The van der Waals surface area contributed by atoms with Crippen molar-refractivity contribution in [2.24, 2.45) is 0 Å². The Morgan fingerprint density at radius 2 is 1.67 bits per heavy atom. The van der Waals surface area contributed by atoms with Gasteiger partial charge in [0.2, 0.25) is 0 Å². The van der Waals surface area contributed by atoms with Crippen molar-refractivity contribution in [2.75, 3.05) is 0 Å². The molecule has 21 heavy (non-hydrogen) atoms. The number of benzene rings is 3. The number of hydrogen-bond donors (Lipinski definition) is 0. The van der Waals surface area contributed by atoms with Gasteiger partial charge in [-0.2, -0.15) is 0 Å². The van der Waals surface area contributed by atoms with E-state index in [0.29, 0.717) is 5.56 Å². The predicted octanol–water partition coefficient (Wildman–Crippen LogP) is 5.91. The maximum Gasteiger partial charge on any atom is 0.159 e. The maximum absolute atomic E-state index is 13.5. The van der Waals surface area contributed by atoms with Crippen LogP contribution in [0.15, 0.2) is 54.6 Å². The van der Waals surface area contributed by atoms with Crippen LogP contribution in [0.4, 0.5) is 8.78 Å². The van der Waals surface area contributed by atoms with Crippen molar-refractivity contribution in [3.05, 3.63) is 82.9 Å². The fraction of sp³-hybridized carbons (Fsp3) is 0.111. The zero-order chi connectivity index (χ0) is 15.0. The topological polar surface area (TPSA) is 0 Å². The molecular weight excluding hydrogens is 334 g/mol. The Morgan fingerprint density at radius 1 is 0.905 bits per heavy atom. The first-order chi connectivity index (χ1) is 10.1. The van der Waals surface area contributed by atoms with Crippen molar-refractivity contribution in [1.82, 2.24) is 0 Å². The van der Waals surface area contributed by atoms with Crippen molar-refractivity contribution in [3.8, 4) is 0 Å². The first-order valence-corrected chi connectivity index (χ1v) is 7.57. The van der Waals surface area contributed by atoms with Crippen molar-refractivity contribution in [1.29, 1.82) is 0 Å². The van der Waals surface area contributed by atoms with Gasteiger partial charge in [0.25, 0.3) is 0 Å². The van der Waals surface area contributed by atoms with E-state index in [2.05, 4.69) is 22.0 Å². The van der Waals surface area contributed by atoms with Gasteiger partial charge in [0.15, 0.2) is 11.6 Å². The molecular formula is C18H13BrF2. The molecule has 0 N–H and O–H groups in total. The molecule has 0 spiro atoms. The van der Waals surface area contributed by atoms with Gasteiger partial charge in [-0.15, -0.1) is 0 Å². The Hall–Kier alpha value is -1.74. The van der Waals surface area contributed by atoms with Crippen LogP contribution in [-0.4, -0.2) is 0 Å². The number of hydrogen-bond acceptors (Lipinski definition) is 0. The quantitative estimate of drug-likeness (QED) is 0.506. The summed E-state index contributed by atoms with van der Waals surface area (Å²) < 4.78 is 26.6. The molecule has 0 aromatic heterocycles. The normalized spacial score (nSPS) is 12.6. The molecule has 0 saturated heterocycles. The largest absolute Gasteiger partial charge is 0.204 e. The molecule has 0 fully saturated rings. The van der Waals surface area contributed by atoms with E-state index >= 15 is 0 Å². The first-order valence-electron chi connectivity index (χ1n) is 6.65. The molecule has 0 saturated carbocycles. The van der Waals surface area contributed by atoms with Crippen molar-refractivity contribution < 1.29 is 8.78 Å². The van der Waals surface area contributed by atoms with Gasteiger partial charge in [-0.1, -0.05) is 58.4 Å². The predicted molar refractivity (Wildman–Crippen MR) is 85.8 cm³/mol. The van der Waals surface area contributed by atoms with Gasteiger partial charge in [0, 0.05) is 0 Å². The van der Waals surface area contributed by atoms with E-state index in [9.17, 15) is 8.78 Å². The molecule has 0 nitrogen and oxygen atoms in total. The highest BCUT2D eigenvalue weighted by atomic mass is 79.9. The number of halogens is 3. The lowest BCUT2D eigenvalue weighted by Gasteiger charge is -2.17. The molecule has 0 bridgehead atoms. The van der Waals surface area contributed by atoms with Crippen LogP contribution in [0.2, 0.25) is 0 Å². The third-order valence-corrected chi connectivity index (χ3v) is 4.66. The zero-order valence-electron chi connectivity index (χ0n) is 11.4. The fourth-order valence-electron chi connectivity index (χ4n) is 2.58. The summed E-state index contributed by atoms with van der Waals surface area (Å²) in [5.74, 6) is -1.65. The summed E-state index contributed by atoms with van der Waals surface area (Å²) in [6.07, 6.45) is 0. The van der Waals surface area contributed by atoms with E-state index < -0.39 is 11.6 Å². The van der Waals surface area contributed by atoms with E-state index in [1.165, 1.54) is 12.1 Å². The van der Waals surface area contributed by atoms with Gasteiger partial charge in [-0.3, -0.25) is 0 Å². The molecule has 3 heteroatoms. The van der Waals surface area contributed by atoms with E-state index in [-0.39, 0.29) is 4.83 Å². The molecule has 1 unspecified atom stereocenters. The van der Waals surface area contributed by atoms with Gasteiger partial charge in [-0.25, -0.2) is 8.78 Å². The second kappa shape index (κ2) is 5.57. The molecule has 0 heterocycles. The van der Waals surface area contributed by atoms with Gasteiger partial charge in [-0.05, 0) is 46.5 Å². The minimum Gasteiger partial charge on any atom is -0.204 e. The van der Waals surface area contributed by atoms with Crippen LogP contribution in [0.5, 0.6) is 0 Å². The number of rotatable bonds is 2. The standard InChI is InChI=1S/C18H13BrF2/c1-11-6-7-12-4-2-3-5-14(12)17(11)18(19)13-8-9-15(20)16(21)10-13/h2-10,18H,1H3. The first kappa shape index (κ1) is 14.2. The van der Waals surface area contributed by atoms with Crippen molar-refractivity contribution in [2.45, 2.75) is 11.8 Å². The molecule has 1 atom stereocenters. The lowest BCUT2D eigenvalue weighted by Crippen LogP contribution is -1.99. The van der Waals surface area contributed by atoms with Crippen LogP contribution < -0.4 is 0 Å². The molecule has 0 aliphatic heterocycles. The monoisotopic (exact) mass is 346 g/mol. The third kappa shape index (κ3) is 2.58. The molecule has 3 aromatic rings. The Kier molecular flexibility index (Phi) is 3.77. The average molecular weight is 347 g/mol. The van der Waals surface area contributed by atoms with Gasteiger partial charge in [0.05, 0.1) is 4.83 Å². The summed E-state index contributed by atoms with van der Waals surface area (Å²) in [5, 5.41) is 2.24. The van der Waals surface area contributed by atoms with E-state index in [4.69, 9.17) is 0 Å².